The smallest absolute Gasteiger partial charge is 0.272 e. The van der Waals surface area contributed by atoms with Crippen LogP contribution in [-0.4, -0.2) is 17.1 Å². The number of nitrogens with two attached hydrogens (primary N) is 1. The van der Waals surface area contributed by atoms with Crippen LogP contribution in [0.2, 0.25) is 0 Å². The van der Waals surface area contributed by atoms with Gasteiger partial charge < -0.3 is 10.5 Å². The minimum atomic E-state index is -0.353. The summed E-state index contributed by atoms with van der Waals surface area (Å²) in [5, 5.41) is 10.9. The SMILES string of the molecule is Cc1c(COCC2(N)CCCCCC2)cccc1[N+](=O)[O-]. The van der Waals surface area contributed by atoms with Crippen molar-refractivity contribution in [3.05, 3.63) is 39.4 Å². The zero-order chi connectivity index (χ0) is 15.3. The average Bonchev–Trinajstić information content (AvgIpc) is 2.65. The van der Waals surface area contributed by atoms with Crippen LogP contribution in [-0.2, 0) is 11.3 Å². The number of nitrogens with zero attached hydrogens (tertiary/aromatic N) is 1. The Balaban J connectivity index is 1.94. The van der Waals surface area contributed by atoms with Crippen LogP contribution in [0.3, 0.4) is 0 Å². The standard InChI is InChI=1S/C16H24N2O3/c1-13-14(7-6-8-15(13)18(19)20)11-21-12-16(17)9-4-2-3-5-10-16/h6-8H,2-5,9-12,17H2,1H3. The van der Waals surface area contributed by atoms with Gasteiger partial charge in [0, 0.05) is 17.2 Å². The van der Waals surface area contributed by atoms with Gasteiger partial charge in [-0.1, -0.05) is 37.8 Å². The van der Waals surface area contributed by atoms with Crippen molar-refractivity contribution >= 4 is 5.69 Å². The molecule has 2 N–H and O–H groups in total. The summed E-state index contributed by atoms with van der Waals surface area (Å²) in [6.45, 7) is 2.67. The Morgan fingerprint density at radius 2 is 1.95 bits per heavy atom. The van der Waals surface area contributed by atoms with E-state index in [-0.39, 0.29) is 16.1 Å². The summed E-state index contributed by atoms with van der Waals surface area (Å²) < 4.78 is 5.79. The van der Waals surface area contributed by atoms with Crippen LogP contribution in [0, 0.1) is 17.0 Å². The second-order valence-electron chi connectivity index (χ2n) is 6.09. The average molecular weight is 292 g/mol. The predicted molar refractivity (Wildman–Crippen MR) is 82.1 cm³/mol. The van der Waals surface area contributed by atoms with Crippen LogP contribution in [0.1, 0.15) is 49.7 Å². The van der Waals surface area contributed by atoms with Gasteiger partial charge in [0.25, 0.3) is 5.69 Å². The van der Waals surface area contributed by atoms with E-state index in [9.17, 15) is 10.1 Å². The first-order valence-corrected chi connectivity index (χ1v) is 7.61. The minimum Gasteiger partial charge on any atom is -0.375 e. The molecule has 0 bridgehead atoms. The third kappa shape index (κ3) is 4.25. The van der Waals surface area contributed by atoms with Gasteiger partial charge >= 0.3 is 0 Å². The first-order valence-electron chi connectivity index (χ1n) is 7.61. The topological polar surface area (TPSA) is 78.4 Å². The normalized spacial score (nSPS) is 18.2. The summed E-state index contributed by atoms with van der Waals surface area (Å²) in [5.74, 6) is 0. The van der Waals surface area contributed by atoms with E-state index in [1.54, 1.807) is 13.0 Å². The van der Waals surface area contributed by atoms with E-state index in [2.05, 4.69) is 0 Å². The first-order chi connectivity index (χ1) is 10.0. The maximum Gasteiger partial charge on any atom is 0.272 e. The number of nitro groups is 1. The lowest BCUT2D eigenvalue weighted by molar-refractivity contribution is -0.385. The highest BCUT2D eigenvalue weighted by atomic mass is 16.6. The molecule has 1 saturated carbocycles. The van der Waals surface area contributed by atoms with E-state index >= 15 is 0 Å². The summed E-state index contributed by atoms with van der Waals surface area (Å²) in [5.41, 5.74) is 7.86. The minimum absolute atomic E-state index is 0.146. The van der Waals surface area contributed by atoms with E-state index in [1.807, 2.05) is 6.07 Å². The second kappa shape index (κ2) is 7.00. The van der Waals surface area contributed by atoms with Crippen molar-refractivity contribution in [1.82, 2.24) is 0 Å². The number of hydrogen-bond donors (Lipinski definition) is 1. The number of rotatable bonds is 5. The van der Waals surface area contributed by atoms with Crippen molar-refractivity contribution in [2.45, 2.75) is 57.6 Å². The Kier molecular flexibility index (Phi) is 5.31. The molecule has 0 unspecified atom stereocenters. The van der Waals surface area contributed by atoms with Gasteiger partial charge in [0.05, 0.1) is 18.1 Å². The van der Waals surface area contributed by atoms with Crippen molar-refractivity contribution < 1.29 is 9.66 Å². The molecule has 116 valence electrons. The number of benzene rings is 1. The molecule has 0 saturated heterocycles. The third-order valence-electron chi connectivity index (χ3n) is 4.36. The summed E-state index contributed by atoms with van der Waals surface area (Å²) in [7, 11) is 0. The van der Waals surface area contributed by atoms with E-state index in [4.69, 9.17) is 10.5 Å². The van der Waals surface area contributed by atoms with E-state index in [0.717, 1.165) is 31.2 Å². The van der Waals surface area contributed by atoms with E-state index in [0.29, 0.717) is 18.8 Å². The van der Waals surface area contributed by atoms with Gasteiger partial charge in [0.15, 0.2) is 0 Å². The van der Waals surface area contributed by atoms with Gasteiger partial charge in [-0.05, 0) is 25.3 Å². The Hall–Kier alpha value is -1.46. The lowest BCUT2D eigenvalue weighted by Crippen LogP contribution is -2.43. The van der Waals surface area contributed by atoms with Crippen molar-refractivity contribution in [2.24, 2.45) is 5.73 Å². The molecule has 2 rings (SSSR count). The predicted octanol–water partition coefficient (Wildman–Crippen LogP) is 3.47. The number of ether oxygens (including phenoxy) is 1. The monoisotopic (exact) mass is 292 g/mol. The van der Waals surface area contributed by atoms with Crippen molar-refractivity contribution in [3.63, 3.8) is 0 Å². The zero-order valence-corrected chi connectivity index (χ0v) is 12.6. The molecule has 5 nitrogen and oxygen atoms in total. The van der Waals surface area contributed by atoms with Crippen LogP contribution in [0.25, 0.3) is 0 Å². The van der Waals surface area contributed by atoms with Crippen molar-refractivity contribution in [3.8, 4) is 0 Å². The molecule has 0 radical (unpaired) electrons. The Labute approximate surface area is 125 Å². The summed E-state index contributed by atoms with van der Waals surface area (Å²) >= 11 is 0. The van der Waals surface area contributed by atoms with E-state index in [1.165, 1.54) is 18.9 Å². The van der Waals surface area contributed by atoms with Crippen LogP contribution in [0.4, 0.5) is 5.69 Å². The second-order valence-corrected chi connectivity index (χ2v) is 6.09. The molecule has 1 fully saturated rings. The molecule has 5 heteroatoms. The quantitative estimate of drug-likeness (QED) is 0.512. The molecule has 1 aliphatic rings. The molecule has 1 aromatic rings. The van der Waals surface area contributed by atoms with Crippen molar-refractivity contribution in [2.75, 3.05) is 6.61 Å². The summed E-state index contributed by atoms with van der Waals surface area (Å²) in [6.07, 6.45) is 6.83. The largest absolute Gasteiger partial charge is 0.375 e. The molecular weight excluding hydrogens is 268 g/mol. The fourth-order valence-electron chi connectivity index (χ4n) is 2.97. The maximum atomic E-state index is 10.9. The fourth-order valence-corrected chi connectivity index (χ4v) is 2.97. The lowest BCUT2D eigenvalue weighted by Gasteiger charge is -2.27. The van der Waals surface area contributed by atoms with Crippen LogP contribution >= 0.6 is 0 Å². The molecule has 0 heterocycles. The van der Waals surface area contributed by atoms with Crippen LogP contribution in [0.15, 0.2) is 18.2 Å². The van der Waals surface area contributed by atoms with Gasteiger partial charge in [-0.3, -0.25) is 10.1 Å². The van der Waals surface area contributed by atoms with Gasteiger partial charge in [0.2, 0.25) is 0 Å². The zero-order valence-electron chi connectivity index (χ0n) is 12.6. The third-order valence-corrected chi connectivity index (χ3v) is 4.36. The molecule has 0 spiro atoms. The number of nitro benzene ring substituents is 1. The highest BCUT2D eigenvalue weighted by molar-refractivity contribution is 5.44. The number of hydrogen-bond acceptors (Lipinski definition) is 4. The fraction of sp³-hybridized carbons (Fsp3) is 0.625. The first kappa shape index (κ1) is 15.9. The maximum absolute atomic E-state index is 10.9. The molecule has 1 aliphatic carbocycles. The van der Waals surface area contributed by atoms with Gasteiger partial charge in [-0.25, -0.2) is 0 Å². The van der Waals surface area contributed by atoms with Gasteiger partial charge in [0.1, 0.15) is 0 Å². The molecule has 1 aromatic carbocycles. The molecule has 21 heavy (non-hydrogen) atoms. The van der Waals surface area contributed by atoms with E-state index < -0.39 is 0 Å². The lowest BCUT2D eigenvalue weighted by atomic mass is 9.92. The Bertz CT molecular complexity index is 494. The van der Waals surface area contributed by atoms with Gasteiger partial charge in [-0.2, -0.15) is 0 Å². The summed E-state index contributed by atoms with van der Waals surface area (Å²) in [6, 6.07) is 5.10. The van der Waals surface area contributed by atoms with Crippen molar-refractivity contribution in [1.29, 1.82) is 0 Å². The van der Waals surface area contributed by atoms with Gasteiger partial charge in [-0.15, -0.1) is 0 Å². The molecule has 0 amide bonds. The van der Waals surface area contributed by atoms with Crippen LogP contribution < -0.4 is 5.73 Å². The highest BCUT2D eigenvalue weighted by Crippen LogP contribution is 2.26. The molecular formula is C16H24N2O3. The Morgan fingerprint density at radius 1 is 1.29 bits per heavy atom. The summed E-state index contributed by atoms with van der Waals surface area (Å²) in [4.78, 5) is 10.6. The molecule has 0 atom stereocenters. The highest BCUT2D eigenvalue weighted by Gasteiger charge is 2.26. The van der Waals surface area contributed by atoms with Crippen LogP contribution in [0.5, 0.6) is 0 Å². The molecule has 0 aliphatic heterocycles. The molecule has 0 aromatic heterocycles. The Morgan fingerprint density at radius 3 is 2.57 bits per heavy atom.